The van der Waals surface area contributed by atoms with Crippen LogP contribution in [-0.2, 0) is 20.3 Å². The van der Waals surface area contributed by atoms with Crippen LogP contribution in [0.25, 0.3) is 0 Å². The number of rotatable bonds is 3. The maximum Gasteiger partial charge on any atom is 0.162 e. The molecule has 0 saturated carbocycles. The van der Waals surface area contributed by atoms with Crippen molar-refractivity contribution in [1.29, 1.82) is 0 Å². The molecule has 0 spiro atoms. The van der Waals surface area contributed by atoms with Crippen molar-refractivity contribution in [2.24, 2.45) is 0 Å². The van der Waals surface area contributed by atoms with Crippen LogP contribution in [0.1, 0.15) is 18.4 Å². The van der Waals surface area contributed by atoms with E-state index in [4.69, 9.17) is 4.74 Å². The highest BCUT2D eigenvalue weighted by atomic mass is 32.2. The third-order valence-electron chi connectivity index (χ3n) is 2.83. The second kappa shape index (κ2) is 5.56. The van der Waals surface area contributed by atoms with Crippen LogP contribution in [-0.4, -0.2) is 28.5 Å². The van der Waals surface area contributed by atoms with Crippen molar-refractivity contribution >= 4 is 16.6 Å². The van der Waals surface area contributed by atoms with E-state index >= 15 is 0 Å². The summed E-state index contributed by atoms with van der Waals surface area (Å²) in [5.41, 5.74) is 1.13. The normalized spacial score (nSPS) is 22.4. The number of ketones is 1. The fraction of sp³-hybridized carbons (Fsp3) is 0.462. The largest absolute Gasteiger partial charge is 0.369 e. The van der Waals surface area contributed by atoms with Crippen molar-refractivity contribution in [3.63, 3.8) is 0 Å². The average molecular weight is 252 g/mol. The number of hydrogen-bond donors (Lipinski definition) is 0. The highest BCUT2D eigenvalue weighted by molar-refractivity contribution is 7.85. The predicted octanol–water partition coefficient (Wildman–Crippen LogP) is 1.85. The van der Waals surface area contributed by atoms with Crippen LogP contribution in [0.5, 0.6) is 0 Å². The van der Waals surface area contributed by atoms with Gasteiger partial charge in [-0.2, -0.15) is 0 Å². The van der Waals surface area contributed by atoms with E-state index in [2.05, 4.69) is 0 Å². The molecular weight excluding hydrogens is 236 g/mol. The lowest BCUT2D eigenvalue weighted by molar-refractivity contribution is -0.133. The molecule has 1 aliphatic rings. The lowest BCUT2D eigenvalue weighted by atomic mass is 10.1. The Morgan fingerprint density at radius 2 is 2.06 bits per heavy atom. The summed E-state index contributed by atoms with van der Waals surface area (Å²) in [4.78, 5) is 12.3. The standard InChI is InChI=1S/C13H16O3S/c1-10-4-6-11(7-5-10)17(15)9-13-12(14)3-2-8-16-13/h4-7,13H,2-3,8-9H2,1H3/t13-,17?/m0/s1. The maximum atomic E-state index is 12.0. The summed E-state index contributed by atoms with van der Waals surface area (Å²) in [5.74, 6) is 0.360. The molecule has 92 valence electrons. The number of ether oxygens (including phenoxy) is 1. The smallest absolute Gasteiger partial charge is 0.162 e. The second-order valence-electron chi connectivity index (χ2n) is 4.25. The van der Waals surface area contributed by atoms with Crippen LogP contribution in [0.15, 0.2) is 29.2 Å². The molecule has 0 aromatic heterocycles. The number of carbonyl (C=O) groups excluding carboxylic acids is 1. The molecule has 2 rings (SSSR count). The molecule has 17 heavy (non-hydrogen) atoms. The van der Waals surface area contributed by atoms with Crippen LogP contribution >= 0.6 is 0 Å². The molecule has 3 nitrogen and oxygen atoms in total. The first-order chi connectivity index (χ1) is 8.16. The Kier molecular flexibility index (Phi) is 4.07. The Balaban J connectivity index is 2.01. The van der Waals surface area contributed by atoms with Crippen molar-refractivity contribution in [3.05, 3.63) is 29.8 Å². The first kappa shape index (κ1) is 12.5. The van der Waals surface area contributed by atoms with Crippen molar-refractivity contribution in [2.45, 2.75) is 30.8 Å². The van der Waals surface area contributed by atoms with E-state index in [1.165, 1.54) is 0 Å². The third kappa shape index (κ3) is 3.23. The van der Waals surface area contributed by atoms with Crippen LogP contribution < -0.4 is 0 Å². The maximum absolute atomic E-state index is 12.0. The van der Waals surface area contributed by atoms with Crippen molar-refractivity contribution < 1.29 is 13.7 Å². The summed E-state index contributed by atoms with van der Waals surface area (Å²) < 4.78 is 17.4. The summed E-state index contributed by atoms with van der Waals surface area (Å²) in [7, 11) is -1.16. The van der Waals surface area contributed by atoms with E-state index in [9.17, 15) is 9.00 Å². The average Bonchev–Trinajstić information content (AvgIpc) is 2.33. The van der Waals surface area contributed by atoms with Gasteiger partial charge in [-0.25, -0.2) is 0 Å². The Hall–Kier alpha value is -1.00. The van der Waals surface area contributed by atoms with E-state index in [1.54, 1.807) is 0 Å². The summed E-state index contributed by atoms with van der Waals surface area (Å²) >= 11 is 0. The molecule has 0 bridgehead atoms. The summed E-state index contributed by atoms with van der Waals surface area (Å²) in [6, 6.07) is 7.55. The minimum Gasteiger partial charge on any atom is -0.369 e. The van der Waals surface area contributed by atoms with Gasteiger partial charge in [0.05, 0.1) is 16.6 Å². The molecule has 1 aromatic carbocycles. The van der Waals surface area contributed by atoms with Crippen LogP contribution in [0.2, 0.25) is 0 Å². The van der Waals surface area contributed by atoms with Gasteiger partial charge in [0.25, 0.3) is 0 Å². The van der Waals surface area contributed by atoms with Gasteiger partial charge in [-0.1, -0.05) is 17.7 Å². The molecule has 0 amide bonds. The van der Waals surface area contributed by atoms with Crippen LogP contribution in [0, 0.1) is 6.92 Å². The summed E-state index contributed by atoms with van der Waals surface area (Å²) in [6.45, 7) is 2.59. The van der Waals surface area contributed by atoms with Gasteiger partial charge in [0.15, 0.2) is 5.78 Å². The molecule has 1 saturated heterocycles. The molecule has 4 heteroatoms. The quantitative estimate of drug-likeness (QED) is 0.824. The second-order valence-corrected chi connectivity index (χ2v) is 5.75. The minimum absolute atomic E-state index is 0.0803. The number of benzene rings is 1. The first-order valence-electron chi connectivity index (χ1n) is 5.76. The van der Waals surface area contributed by atoms with Gasteiger partial charge in [-0.05, 0) is 25.5 Å². The van der Waals surface area contributed by atoms with Gasteiger partial charge in [-0.15, -0.1) is 0 Å². The molecule has 0 N–H and O–H groups in total. The van der Waals surface area contributed by atoms with E-state index in [0.29, 0.717) is 13.0 Å². The topological polar surface area (TPSA) is 43.4 Å². The number of Topliss-reactive ketones (excluding diaryl/α,β-unsaturated/α-hetero) is 1. The minimum atomic E-state index is -1.16. The van der Waals surface area contributed by atoms with Crippen LogP contribution in [0.3, 0.4) is 0 Å². The summed E-state index contributed by atoms with van der Waals surface area (Å²) in [5, 5.41) is 0. The Morgan fingerprint density at radius 1 is 1.35 bits per heavy atom. The van der Waals surface area contributed by atoms with Crippen molar-refractivity contribution in [3.8, 4) is 0 Å². The first-order valence-corrected chi connectivity index (χ1v) is 7.08. The molecule has 0 aliphatic carbocycles. The van der Waals surface area contributed by atoms with Gasteiger partial charge in [0, 0.05) is 17.9 Å². The van der Waals surface area contributed by atoms with Gasteiger partial charge >= 0.3 is 0 Å². The fourth-order valence-electron chi connectivity index (χ4n) is 1.79. The Morgan fingerprint density at radius 3 is 2.71 bits per heavy atom. The highest BCUT2D eigenvalue weighted by Gasteiger charge is 2.25. The molecule has 2 atom stereocenters. The Labute approximate surface area is 104 Å². The zero-order chi connectivity index (χ0) is 12.3. The number of carbonyl (C=O) groups is 1. The van der Waals surface area contributed by atoms with Gasteiger partial charge < -0.3 is 4.74 Å². The van der Waals surface area contributed by atoms with Gasteiger partial charge in [-0.3, -0.25) is 9.00 Å². The fourth-order valence-corrected chi connectivity index (χ4v) is 2.98. The van der Waals surface area contributed by atoms with Crippen LogP contribution in [0.4, 0.5) is 0 Å². The SMILES string of the molecule is Cc1ccc(S(=O)C[C@@H]2OCCCC2=O)cc1. The van der Waals surface area contributed by atoms with Gasteiger partial charge in [0.2, 0.25) is 0 Å². The molecule has 1 aliphatic heterocycles. The summed E-state index contributed by atoms with van der Waals surface area (Å²) in [6.07, 6.45) is 0.855. The van der Waals surface area contributed by atoms with E-state index in [1.807, 2.05) is 31.2 Å². The lowest BCUT2D eigenvalue weighted by Gasteiger charge is -2.20. The zero-order valence-corrected chi connectivity index (χ0v) is 10.7. The molecular formula is C13H16O3S. The molecule has 1 heterocycles. The molecule has 0 radical (unpaired) electrons. The number of aryl methyl sites for hydroxylation is 1. The van der Waals surface area contributed by atoms with Gasteiger partial charge in [0.1, 0.15) is 6.10 Å². The molecule has 1 fully saturated rings. The van der Waals surface area contributed by atoms with E-state index < -0.39 is 16.9 Å². The predicted molar refractivity (Wildman–Crippen MR) is 66.4 cm³/mol. The number of hydrogen-bond acceptors (Lipinski definition) is 3. The highest BCUT2D eigenvalue weighted by Crippen LogP contribution is 2.14. The van der Waals surface area contributed by atoms with Crippen molar-refractivity contribution in [2.75, 3.05) is 12.4 Å². The monoisotopic (exact) mass is 252 g/mol. The Bertz CT molecular complexity index is 425. The van der Waals surface area contributed by atoms with E-state index in [0.717, 1.165) is 16.9 Å². The molecule has 1 unspecified atom stereocenters. The lowest BCUT2D eigenvalue weighted by Crippen LogP contribution is -2.34. The molecule has 1 aromatic rings. The van der Waals surface area contributed by atoms with Crippen molar-refractivity contribution in [1.82, 2.24) is 0 Å². The zero-order valence-electron chi connectivity index (χ0n) is 9.85. The third-order valence-corrected chi connectivity index (χ3v) is 4.24. The van der Waals surface area contributed by atoms with E-state index in [-0.39, 0.29) is 11.5 Å².